The zero-order valence-corrected chi connectivity index (χ0v) is 10.5. The van der Waals surface area contributed by atoms with E-state index in [0.717, 1.165) is 10.7 Å². The summed E-state index contributed by atoms with van der Waals surface area (Å²) in [4.78, 5) is 5.92. The number of thiazole rings is 1. The SMILES string of the molecule is Cc1nc2sccn2c1/C=C/C(C)Br. The molecule has 2 aromatic rings. The van der Waals surface area contributed by atoms with Gasteiger partial charge in [0.2, 0.25) is 0 Å². The molecule has 1 unspecified atom stereocenters. The first kappa shape index (κ1) is 9.93. The Morgan fingerprint density at radius 2 is 2.43 bits per heavy atom. The van der Waals surface area contributed by atoms with Crippen LogP contribution in [-0.4, -0.2) is 14.2 Å². The van der Waals surface area contributed by atoms with E-state index < -0.39 is 0 Å². The van der Waals surface area contributed by atoms with Crippen molar-refractivity contribution in [2.24, 2.45) is 0 Å². The molecule has 0 spiro atoms. The van der Waals surface area contributed by atoms with Gasteiger partial charge < -0.3 is 0 Å². The van der Waals surface area contributed by atoms with Crippen LogP contribution < -0.4 is 0 Å². The number of nitrogens with zero attached hydrogens (tertiary/aromatic N) is 2. The standard InChI is InChI=1S/C10H11BrN2S/c1-7(11)3-4-9-8(2)12-10-13(9)5-6-14-10/h3-7H,1-2H3/b4-3+. The average molecular weight is 271 g/mol. The Bertz CT molecular complexity index is 467. The fourth-order valence-electron chi connectivity index (χ4n) is 1.34. The molecule has 2 aromatic heterocycles. The Morgan fingerprint density at radius 1 is 1.64 bits per heavy atom. The molecule has 4 heteroatoms. The Kier molecular flexibility index (Phi) is 2.74. The van der Waals surface area contributed by atoms with Gasteiger partial charge in [-0.3, -0.25) is 4.40 Å². The predicted molar refractivity (Wildman–Crippen MR) is 65.2 cm³/mol. The molecule has 0 N–H and O–H groups in total. The van der Waals surface area contributed by atoms with Gasteiger partial charge in [-0.05, 0) is 19.9 Å². The molecule has 0 radical (unpaired) electrons. The maximum atomic E-state index is 4.47. The van der Waals surface area contributed by atoms with Crippen molar-refractivity contribution >= 4 is 38.3 Å². The molecule has 0 saturated carbocycles. The highest BCUT2D eigenvalue weighted by molar-refractivity contribution is 9.09. The first-order valence-corrected chi connectivity index (χ1v) is 6.22. The van der Waals surface area contributed by atoms with Gasteiger partial charge in [0.1, 0.15) is 0 Å². The molecule has 0 fully saturated rings. The molecule has 2 nitrogen and oxygen atoms in total. The van der Waals surface area contributed by atoms with Crippen molar-refractivity contribution in [2.45, 2.75) is 18.7 Å². The van der Waals surface area contributed by atoms with E-state index in [0.29, 0.717) is 4.83 Å². The summed E-state index contributed by atoms with van der Waals surface area (Å²) in [5.41, 5.74) is 2.26. The summed E-state index contributed by atoms with van der Waals surface area (Å²) in [5.74, 6) is 0. The maximum Gasteiger partial charge on any atom is 0.194 e. The van der Waals surface area contributed by atoms with Gasteiger partial charge in [-0.15, -0.1) is 11.3 Å². The summed E-state index contributed by atoms with van der Waals surface area (Å²) in [6.45, 7) is 4.13. The number of hydrogen-bond acceptors (Lipinski definition) is 2. The average Bonchev–Trinajstić information content (AvgIpc) is 2.61. The number of halogens is 1. The van der Waals surface area contributed by atoms with Gasteiger partial charge in [0.15, 0.2) is 4.96 Å². The minimum absolute atomic E-state index is 0.395. The fraction of sp³-hybridized carbons (Fsp3) is 0.300. The van der Waals surface area contributed by atoms with Gasteiger partial charge in [-0.2, -0.15) is 0 Å². The van der Waals surface area contributed by atoms with Crippen LogP contribution in [0.4, 0.5) is 0 Å². The number of rotatable bonds is 2. The van der Waals surface area contributed by atoms with E-state index in [4.69, 9.17) is 0 Å². The lowest BCUT2D eigenvalue weighted by molar-refractivity contribution is 1.18. The highest BCUT2D eigenvalue weighted by atomic mass is 79.9. The Balaban J connectivity index is 2.48. The molecule has 14 heavy (non-hydrogen) atoms. The lowest BCUT2D eigenvalue weighted by Crippen LogP contribution is -1.85. The predicted octanol–water partition coefficient (Wildman–Crippen LogP) is 3.50. The zero-order valence-electron chi connectivity index (χ0n) is 8.07. The largest absolute Gasteiger partial charge is 0.291 e. The Hall–Kier alpha value is -0.610. The molecule has 0 bridgehead atoms. The molecule has 0 aromatic carbocycles. The van der Waals surface area contributed by atoms with Crippen molar-refractivity contribution in [1.82, 2.24) is 9.38 Å². The van der Waals surface area contributed by atoms with Crippen molar-refractivity contribution in [3.05, 3.63) is 29.0 Å². The number of allylic oxidation sites excluding steroid dienone is 1. The summed E-state index contributed by atoms with van der Waals surface area (Å²) in [6, 6.07) is 0. The van der Waals surface area contributed by atoms with Crippen LogP contribution in [0.25, 0.3) is 11.0 Å². The molecule has 2 heterocycles. The normalized spacial score (nSPS) is 14.2. The molecule has 0 aliphatic carbocycles. The Morgan fingerprint density at radius 3 is 3.14 bits per heavy atom. The van der Waals surface area contributed by atoms with Crippen LogP contribution in [0.1, 0.15) is 18.3 Å². The van der Waals surface area contributed by atoms with Crippen molar-refractivity contribution in [1.29, 1.82) is 0 Å². The number of hydrogen-bond donors (Lipinski definition) is 0. The fourth-order valence-corrected chi connectivity index (χ4v) is 2.26. The third-order valence-electron chi connectivity index (χ3n) is 2.00. The van der Waals surface area contributed by atoms with Gasteiger partial charge in [-0.25, -0.2) is 4.98 Å². The first-order valence-electron chi connectivity index (χ1n) is 4.43. The van der Waals surface area contributed by atoms with E-state index in [1.165, 1.54) is 5.69 Å². The van der Waals surface area contributed by atoms with Crippen LogP contribution in [0.3, 0.4) is 0 Å². The van der Waals surface area contributed by atoms with E-state index in [9.17, 15) is 0 Å². The minimum Gasteiger partial charge on any atom is -0.291 e. The smallest absolute Gasteiger partial charge is 0.194 e. The minimum atomic E-state index is 0.395. The molecule has 0 amide bonds. The highest BCUT2D eigenvalue weighted by Gasteiger charge is 2.05. The molecule has 0 saturated heterocycles. The number of alkyl halides is 1. The van der Waals surface area contributed by atoms with Crippen LogP contribution in [0, 0.1) is 6.92 Å². The second-order valence-corrected chi connectivity index (χ2v) is 5.49. The first-order chi connectivity index (χ1) is 6.68. The molecule has 74 valence electrons. The van der Waals surface area contributed by atoms with Crippen molar-refractivity contribution in [3.63, 3.8) is 0 Å². The lowest BCUT2D eigenvalue weighted by atomic mass is 10.3. The summed E-state index contributed by atoms with van der Waals surface area (Å²) in [7, 11) is 0. The van der Waals surface area contributed by atoms with Gasteiger partial charge in [0.05, 0.1) is 11.4 Å². The molecule has 0 aliphatic rings. The van der Waals surface area contributed by atoms with Gasteiger partial charge >= 0.3 is 0 Å². The quantitative estimate of drug-likeness (QED) is 0.764. The summed E-state index contributed by atoms with van der Waals surface area (Å²) >= 11 is 5.15. The van der Waals surface area contributed by atoms with E-state index in [-0.39, 0.29) is 0 Å². The van der Waals surface area contributed by atoms with E-state index >= 15 is 0 Å². The highest BCUT2D eigenvalue weighted by Crippen LogP contribution is 2.18. The molecular formula is C10H11BrN2S. The molecule has 0 aliphatic heterocycles. The van der Waals surface area contributed by atoms with Gasteiger partial charge in [0, 0.05) is 16.4 Å². The molecule has 1 atom stereocenters. The second-order valence-electron chi connectivity index (χ2n) is 3.17. The van der Waals surface area contributed by atoms with Gasteiger partial charge in [0.25, 0.3) is 0 Å². The van der Waals surface area contributed by atoms with Gasteiger partial charge in [-0.1, -0.05) is 22.0 Å². The number of aromatic nitrogens is 2. The summed E-state index contributed by atoms with van der Waals surface area (Å²) < 4.78 is 2.12. The maximum absolute atomic E-state index is 4.47. The topological polar surface area (TPSA) is 17.3 Å². The molecular weight excluding hydrogens is 260 g/mol. The zero-order chi connectivity index (χ0) is 10.1. The third-order valence-corrected chi connectivity index (χ3v) is 3.06. The summed E-state index contributed by atoms with van der Waals surface area (Å²) in [5, 5.41) is 2.05. The van der Waals surface area contributed by atoms with Crippen molar-refractivity contribution in [3.8, 4) is 0 Å². The van der Waals surface area contributed by atoms with Crippen LogP contribution in [0.2, 0.25) is 0 Å². The van der Waals surface area contributed by atoms with E-state index in [1.54, 1.807) is 11.3 Å². The van der Waals surface area contributed by atoms with Crippen LogP contribution >= 0.6 is 27.3 Å². The number of imidazole rings is 1. The second kappa shape index (κ2) is 3.87. The number of aryl methyl sites for hydroxylation is 1. The van der Waals surface area contributed by atoms with Crippen LogP contribution in [0.5, 0.6) is 0 Å². The Labute approximate surface area is 95.4 Å². The van der Waals surface area contributed by atoms with Crippen LogP contribution in [-0.2, 0) is 0 Å². The van der Waals surface area contributed by atoms with Crippen molar-refractivity contribution in [2.75, 3.05) is 0 Å². The van der Waals surface area contributed by atoms with Crippen LogP contribution in [0.15, 0.2) is 17.7 Å². The van der Waals surface area contributed by atoms with E-state index in [2.05, 4.69) is 56.0 Å². The van der Waals surface area contributed by atoms with E-state index in [1.807, 2.05) is 6.92 Å². The van der Waals surface area contributed by atoms with Crippen molar-refractivity contribution < 1.29 is 0 Å². The number of fused-ring (bicyclic) bond motifs is 1. The third kappa shape index (κ3) is 1.77. The summed E-state index contributed by atoms with van der Waals surface area (Å²) in [6.07, 6.45) is 6.29. The monoisotopic (exact) mass is 270 g/mol. The lowest BCUT2D eigenvalue weighted by Gasteiger charge is -1.94. The molecule has 2 rings (SSSR count).